The van der Waals surface area contributed by atoms with Gasteiger partial charge < -0.3 is 10.2 Å². The van der Waals surface area contributed by atoms with Crippen molar-refractivity contribution >= 4 is 5.91 Å². The molecule has 1 amide bonds. The predicted octanol–water partition coefficient (Wildman–Crippen LogP) is 1.93. The van der Waals surface area contributed by atoms with Crippen LogP contribution in [0.2, 0.25) is 0 Å². The van der Waals surface area contributed by atoms with Gasteiger partial charge in [-0.15, -0.1) is 0 Å². The number of hydrogen-bond acceptors (Lipinski definition) is 3. The standard InChI is InChI=1S/C15H23N3O/c1-12(2)10-13-11-16-7-5-9-18(13)15(19)14-6-3-4-8-17-14/h3-4,6,8,12-13,16H,5,7,9-11H2,1-2H3. The average Bonchev–Trinajstić information content (AvgIpc) is 2.64. The molecule has 1 aliphatic heterocycles. The summed E-state index contributed by atoms with van der Waals surface area (Å²) < 4.78 is 0. The Morgan fingerprint density at radius 3 is 3.05 bits per heavy atom. The lowest BCUT2D eigenvalue weighted by atomic mass is 10.0. The van der Waals surface area contributed by atoms with E-state index < -0.39 is 0 Å². The Hall–Kier alpha value is -1.42. The van der Waals surface area contributed by atoms with E-state index in [0.717, 1.165) is 32.5 Å². The van der Waals surface area contributed by atoms with Crippen LogP contribution in [0.3, 0.4) is 0 Å². The van der Waals surface area contributed by atoms with E-state index in [2.05, 4.69) is 24.1 Å². The van der Waals surface area contributed by atoms with Crippen LogP contribution < -0.4 is 5.32 Å². The first-order valence-electron chi connectivity index (χ1n) is 7.11. The molecule has 2 rings (SSSR count). The third-order valence-corrected chi connectivity index (χ3v) is 3.46. The van der Waals surface area contributed by atoms with Crippen LogP contribution in [0.1, 0.15) is 37.2 Å². The number of amides is 1. The number of carbonyl (C=O) groups is 1. The summed E-state index contributed by atoms with van der Waals surface area (Å²) in [5.74, 6) is 0.652. The van der Waals surface area contributed by atoms with Gasteiger partial charge in [-0.3, -0.25) is 9.78 Å². The lowest BCUT2D eigenvalue weighted by Crippen LogP contribution is -2.44. The zero-order valence-corrected chi connectivity index (χ0v) is 11.8. The number of aromatic nitrogens is 1. The lowest BCUT2D eigenvalue weighted by molar-refractivity contribution is 0.0667. The molecule has 1 saturated heterocycles. The quantitative estimate of drug-likeness (QED) is 0.904. The normalized spacial score (nSPS) is 20.4. The van der Waals surface area contributed by atoms with E-state index in [1.807, 2.05) is 17.0 Å². The van der Waals surface area contributed by atoms with Crippen molar-refractivity contribution in [3.8, 4) is 0 Å². The lowest BCUT2D eigenvalue weighted by Gasteiger charge is -2.30. The van der Waals surface area contributed by atoms with Crippen LogP contribution in [0.25, 0.3) is 0 Å². The molecule has 0 aromatic carbocycles. The molecule has 4 heteroatoms. The first kappa shape index (κ1) is 14.0. The second-order valence-electron chi connectivity index (χ2n) is 5.55. The highest BCUT2D eigenvalue weighted by Gasteiger charge is 2.27. The van der Waals surface area contributed by atoms with E-state index in [-0.39, 0.29) is 11.9 Å². The van der Waals surface area contributed by atoms with Gasteiger partial charge in [-0.2, -0.15) is 0 Å². The molecule has 0 saturated carbocycles. The van der Waals surface area contributed by atoms with Crippen LogP contribution in [-0.2, 0) is 0 Å². The van der Waals surface area contributed by atoms with Gasteiger partial charge in [0.2, 0.25) is 0 Å². The van der Waals surface area contributed by atoms with Crippen LogP contribution in [0, 0.1) is 5.92 Å². The minimum absolute atomic E-state index is 0.0648. The van der Waals surface area contributed by atoms with Gasteiger partial charge in [-0.25, -0.2) is 0 Å². The Morgan fingerprint density at radius 2 is 2.37 bits per heavy atom. The fraction of sp³-hybridized carbons (Fsp3) is 0.600. The van der Waals surface area contributed by atoms with Crippen molar-refractivity contribution in [3.05, 3.63) is 30.1 Å². The number of nitrogens with one attached hydrogen (secondary N) is 1. The molecule has 0 aliphatic carbocycles. The Morgan fingerprint density at radius 1 is 1.53 bits per heavy atom. The highest BCUT2D eigenvalue weighted by molar-refractivity contribution is 5.92. The van der Waals surface area contributed by atoms with Gasteiger partial charge in [0.25, 0.3) is 5.91 Å². The van der Waals surface area contributed by atoms with Crippen molar-refractivity contribution in [3.63, 3.8) is 0 Å². The Balaban J connectivity index is 2.15. The summed E-state index contributed by atoms with van der Waals surface area (Å²) in [6.45, 7) is 7.10. The van der Waals surface area contributed by atoms with Crippen molar-refractivity contribution < 1.29 is 4.79 Å². The second kappa shape index (κ2) is 6.66. The summed E-state index contributed by atoms with van der Waals surface area (Å²) in [6.07, 6.45) is 3.72. The fourth-order valence-electron chi connectivity index (χ4n) is 2.59. The molecule has 1 unspecified atom stereocenters. The summed E-state index contributed by atoms with van der Waals surface area (Å²) in [5, 5.41) is 3.42. The SMILES string of the molecule is CC(C)CC1CNCCCN1C(=O)c1ccccn1. The molecule has 104 valence electrons. The Labute approximate surface area is 115 Å². The molecule has 1 N–H and O–H groups in total. The number of pyridine rings is 1. The zero-order valence-electron chi connectivity index (χ0n) is 11.8. The molecule has 1 aliphatic rings. The minimum Gasteiger partial charge on any atom is -0.333 e. The third-order valence-electron chi connectivity index (χ3n) is 3.46. The van der Waals surface area contributed by atoms with Crippen molar-refractivity contribution in [2.45, 2.75) is 32.7 Å². The number of hydrogen-bond donors (Lipinski definition) is 1. The van der Waals surface area contributed by atoms with Crippen molar-refractivity contribution in [2.75, 3.05) is 19.6 Å². The van der Waals surface area contributed by atoms with Crippen LogP contribution >= 0.6 is 0 Å². The zero-order chi connectivity index (χ0) is 13.7. The maximum atomic E-state index is 12.6. The van der Waals surface area contributed by atoms with Crippen LogP contribution in [-0.4, -0.2) is 41.5 Å². The summed E-state index contributed by atoms with van der Waals surface area (Å²) in [5.41, 5.74) is 0.554. The van der Waals surface area contributed by atoms with Gasteiger partial charge in [-0.05, 0) is 37.4 Å². The third kappa shape index (κ3) is 3.77. The molecule has 0 spiro atoms. The maximum absolute atomic E-state index is 12.6. The average molecular weight is 261 g/mol. The molecular weight excluding hydrogens is 238 g/mol. The molecule has 1 aromatic heterocycles. The molecule has 0 radical (unpaired) electrons. The number of rotatable bonds is 3. The van der Waals surface area contributed by atoms with Gasteiger partial charge >= 0.3 is 0 Å². The molecule has 19 heavy (non-hydrogen) atoms. The van der Waals surface area contributed by atoms with Gasteiger partial charge in [0, 0.05) is 25.3 Å². The summed E-state index contributed by atoms with van der Waals surface area (Å²) in [7, 11) is 0. The van der Waals surface area contributed by atoms with Crippen LogP contribution in [0.5, 0.6) is 0 Å². The van der Waals surface area contributed by atoms with Crippen LogP contribution in [0.4, 0.5) is 0 Å². The van der Waals surface area contributed by atoms with E-state index in [4.69, 9.17) is 0 Å². The van der Waals surface area contributed by atoms with Gasteiger partial charge in [0.05, 0.1) is 0 Å². The molecule has 1 aromatic rings. The highest BCUT2D eigenvalue weighted by Crippen LogP contribution is 2.16. The summed E-state index contributed by atoms with van der Waals surface area (Å²) in [4.78, 5) is 18.8. The molecule has 2 heterocycles. The highest BCUT2D eigenvalue weighted by atomic mass is 16.2. The molecular formula is C15H23N3O. The summed E-state index contributed by atoms with van der Waals surface area (Å²) >= 11 is 0. The first-order chi connectivity index (χ1) is 9.18. The van der Waals surface area contributed by atoms with Gasteiger partial charge in [-0.1, -0.05) is 19.9 Å². The number of nitrogens with zero attached hydrogens (tertiary/aromatic N) is 2. The molecule has 4 nitrogen and oxygen atoms in total. The van der Waals surface area contributed by atoms with E-state index in [0.29, 0.717) is 11.6 Å². The van der Waals surface area contributed by atoms with E-state index in [1.165, 1.54) is 0 Å². The van der Waals surface area contributed by atoms with Gasteiger partial charge in [0.15, 0.2) is 0 Å². The van der Waals surface area contributed by atoms with Crippen molar-refractivity contribution in [2.24, 2.45) is 5.92 Å². The van der Waals surface area contributed by atoms with Gasteiger partial charge in [0.1, 0.15) is 5.69 Å². The van der Waals surface area contributed by atoms with E-state index in [1.54, 1.807) is 12.3 Å². The molecule has 1 fully saturated rings. The van der Waals surface area contributed by atoms with E-state index in [9.17, 15) is 4.79 Å². The second-order valence-corrected chi connectivity index (χ2v) is 5.55. The smallest absolute Gasteiger partial charge is 0.272 e. The van der Waals surface area contributed by atoms with Crippen molar-refractivity contribution in [1.29, 1.82) is 0 Å². The monoisotopic (exact) mass is 261 g/mol. The fourth-order valence-corrected chi connectivity index (χ4v) is 2.59. The summed E-state index contributed by atoms with van der Waals surface area (Å²) in [6, 6.07) is 5.78. The number of carbonyl (C=O) groups excluding carboxylic acids is 1. The van der Waals surface area contributed by atoms with Crippen LogP contribution in [0.15, 0.2) is 24.4 Å². The predicted molar refractivity (Wildman–Crippen MR) is 76.0 cm³/mol. The largest absolute Gasteiger partial charge is 0.333 e. The van der Waals surface area contributed by atoms with E-state index >= 15 is 0 Å². The minimum atomic E-state index is 0.0648. The first-order valence-corrected chi connectivity index (χ1v) is 7.11. The Bertz CT molecular complexity index is 405. The van der Waals surface area contributed by atoms with Crippen molar-refractivity contribution in [1.82, 2.24) is 15.2 Å². The topological polar surface area (TPSA) is 45.2 Å². The Kier molecular flexibility index (Phi) is 4.91. The maximum Gasteiger partial charge on any atom is 0.272 e. The molecule has 1 atom stereocenters. The molecule has 0 bridgehead atoms.